The summed E-state index contributed by atoms with van der Waals surface area (Å²) in [4.78, 5) is 25.7. The van der Waals surface area contributed by atoms with Crippen molar-refractivity contribution in [3.05, 3.63) is 80.7 Å². The van der Waals surface area contributed by atoms with Crippen molar-refractivity contribution in [2.75, 3.05) is 11.4 Å². The fourth-order valence-corrected chi connectivity index (χ4v) is 4.63. The Balaban J connectivity index is 1.91. The molecule has 8 heteroatoms. The maximum Gasteiger partial charge on any atom is 0.323 e. The van der Waals surface area contributed by atoms with E-state index in [1.54, 1.807) is 30.3 Å². The number of carboxylic acids is 1. The normalized spacial score (nSPS) is 10.8. The summed E-state index contributed by atoms with van der Waals surface area (Å²) in [6, 6.07) is 17.5. The summed E-state index contributed by atoms with van der Waals surface area (Å²) in [6.07, 6.45) is 0.0765. The molecule has 172 valence electrons. The number of phenolic OH excluding ortho intramolecular Hbond substituents is 1. The van der Waals surface area contributed by atoms with Gasteiger partial charge in [0.15, 0.2) is 5.75 Å². The molecule has 6 nitrogen and oxygen atoms in total. The van der Waals surface area contributed by atoms with Gasteiger partial charge in [-0.1, -0.05) is 44.2 Å². The highest BCUT2D eigenvalue weighted by molar-refractivity contribution is 9.11. The van der Waals surface area contributed by atoms with Gasteiger partial charge in [-0.2, -0.15) is 0 Å². The van der Waals surface area contributed by atoms with E-state index in [0.29, 0.717) is 26.1 Å². The van der Waals surface area contributed by atoms with E-state index in [-0.39, 0.29) is 24.0 Å². The number of carbonyl (C=O) groups is 2. The van der Waals surface area contributed by atoms with Gasteiger partial charge >= 0.3 is 5.97 Å². The largest absolute Gasteiger partial charge is 0.508 e. The van der Waals surface area contributed by atoms with Crippen LogP contribution in [0.15, 0.2) is 69.6 Å². The van der Waals surface area contributed by atoms with E-state index < -0.39 is 12.5 Å². The van der Waals surface area contributed by atoms with Gasteiger partial charge in [0, 0.05) is 11.3 Å². The molecule has 0 radical (unpaired) electrons. The monoisotopic (exact) mass is 575 g/mol. The lowest BCUT2D eigenvalue weighted by molar-refractivity contribution is -0.136. The number of hydrogen-bond acceptors (Lipinski definition) is 4. The van der Waals surface area contributed by atoms with Crippen LogP contribution in [0.5, 0.6) is 17.2 Å². The van der Waals surface area contributed by atoms with Gasteiger partial charge in [-0.15, -0.1) is 0 Å². The Hall–Kier alpha value is -2.84. The summed E-state index contributed by atoms with van der Waals surface area (Å²) in [5.74, 6) is -0.140. The summed E-state index contributed by atoms with van der Waals surface area (Å²) in [5, 5.41) is 19.4. The van der Waals surface area contributed by atoms with E-state index in [4.69, 9.17) is 4.74 Å². The van der Waals surface area contributed by atoms with Crippen LogP contribution in [0.3, 0.4) is 0 Å². The van der Waals surface area contributed by atoms with Crippen molar-refractivity contribution in [2.45, 2.75) is 26.2 Å². The minimum Gasteiger partial charge on any atom is -0.508 e. The van der Waals surface area contributed by atoms with Gasteiger partial charge in [0.25, 0.3) is 0 Å². The summed E-state index contributed by atoms with van der Waals surface area (Å²) in [5.41, 5.74) is 1.97. The Bertz CT molecular complexity index is 1140. The van der Waals surface area contributed by atoms with Crippen LogP contribution in [0.1, 0.15) is 30.9 Å². The number of hydrogen-bond donors (Lipinski definition) is 2. The van der Waals surface area contributed by atoms with Crippen molar-refractivity contribution in [2.24, 2.45) is 0 Å². The number of aromatic hydroxyl groups is 1. The van der Waals surface area contributed by atoms with Crippen LogP contribution in [0.4, 0.5) is 5.69 Å². The lowest BCUT2D eigenvalue weighted by Crippen LogP contribution is -2.36. The minimum atomic E-state index is -1.12. The van der Waals surface area contributed by atoms with Crippen molar-refractivity contribution in [3.63, 3.8) is 0 Å². The minimum absolute atomic E-state index is 0.0765. The Morgan fingerprint density at radius 1 is 1.00 bits per heavy atom. The molecule has 33 heavy (non-hydrogen) atoms. The number of amides is 1. The van der Waals surface area contributed by atoms with Crippen molar-refractivity contribution < 1.29 is 24.5 Å². The third-order valence-electron chi connectivity index (χ3n) is 4.93. The summed E-state index contributed by atoms with van der Waals surface area (Å²) < 4.78 is 7.11. The summed E-state index contributed by atoms with van der Waals surface area (Å²) >= 11 is 6.96. The Labute approximate surface area is 209 Å². The highest BCUT2D eigenvalue weighted by atomic mass is 79.9. The Morgan fingerprint density at radius 2 is 1.64 bits per heavy atom. The SMILES string of the molecule is CC(C)c1cc(Oc2c(Br)cc(N(CC(=O)O)C(=O)Cc3ccccc3)cc2Br)ccc1O. The molecule has 0 spiro atoms. The molecular weight excluding hydrogens is 554 g/mol. The van der Waals surface area contributed by atoms with Gasteiger partial charge in [0.05, 0.1) is 15.4 Å². The first-order chi connectivity index (χ1) is 15.7. The van der Waals surface area contributed by atoms with Crippen LogP contribution in [0.2, 0.25) is 0 Å². The van der Waals surface area contributed by atoms with Gasteiger partial charge in [0.1, 0.15) is 18.0 Å². The zero-order chi connectivity index (χ0) is 24.1. The van der Waals surface area contributed by atoms with Crippen LogP contribution in [0.25, 0.3) is 0 Å². The van der Waals surface area contributed by atoms with Gasteiger partial charge in [0.2, 0.25) is 5.91 Å². The lowest BCUT2D eigenvalue weighted by atomic mass is 10.0. The third-order valence-corrected chi connectivity index (χ3v) is 6.11. The number of rotatable bonds is 8. The molecule has 0 aliphatic carbocycles. The van der Waals surface area contributed by atoms with Gasteiger partial charge in [-0.05, 0) is 73.7 Å². The van der Waals surface area contributed by atoms with Crippen molar-refractivity contribution >= 4 is 49.4 Å². The van der Waals surface area contributed by atoms with Crippen LogP contribution in [-0.2, 0) is 16.0 Å². The molecule has 2 N–H and O–H groups in total. The average molecular weight is 577 g/mol. The Kier molecular flexibility index (Phi) is 8.15. The number of anilines is 1. The number of benzene rings is 3. The van der Waals surface area contributed by atoms with E-state index in [1.807, 2.05) is 44.2 Å². The first kappa shape index (κ1) is 24.8. The van der Waals surface area contributed by atoms with E-state index in [2.05, 4.69) is 31.9 Å². The number of carbonyl (C=O) groups excluding carboxylic acids is 1. The molecule has 0 bridgehead atoms. The molecule has 0 aliphatic heterocycles. The van der Waals surface area contributed by atoms with Crippen molar-refractivity contribution in [1.82, 2.24) is 0 Å². The third kappa shape index (κ3) is 6.36. The van der Waals surface area contributed by atoms with E-state index >= 15 is 0 Å². The van der Waals surface area contributed by atoms with Crippen LogP contribution < -0.4 is 9.64 Å². The highest BCUT2D eigenvalue weighted by Crippen LogP contribution is 2.41. The fraction of sp³-hybridized carbons (Fsp3) is 0.200. The topological polar surface area (TPSA) is 87.1 Å². The molecule has 3 aromatic carbocycles. The molecule has 0 heterocycles. The predicted molar refractivity (Wildman–Crippen MR) is 134 cm³/mol. The second-order valence-corrected chi connectivity index (χ2v) is 9.46. The number of aliphatic carboxylic acids is 1. The van der Waals surface area contributed by atoms with Crippen LogP contribution in [0, 0.1) is 0 Å². The first-order valence-electron chi connectivity index (χ1n) is 10.2. The zero-order valence-corrected chi connectivity index (χ0v) is 21.3. The van der Waals surface area contributed by atoms with Crippen LogP contribution >= 0.6 is 31.9 Å². The second-order valence-electron chi connectivity index (χ2n) is 7.75. The average Bonchev–Trinajstić information content (AvgIpc) is 2.75. The molecule has 0 aliphatic rings. The molecule has 0 aromatic heterocycles. The molecule has 0 saturated heterocycles. The molecule has 0 atom stereocenters. The van der Waals surface area contributed by atoms with Gasteiger partial charge in [-0.25, -0.2) is 0 Å². The van der Waals surface area contributed by atoms with Gasteiger partial charge in [-0.3, -0.25) is 9.59 Å². The van der Waals surface area contributed by atoms with Crippen molar-refractivity contribution in [1.29, 1.82) is 0 Å². The quantitative estimate of drug-likeness (QED) is 0.320. The highest BCUT2D eigenvalue weighted by Gasteiger charge is 2.22. The maximum atomic E-state index is 13.0. The predicted octanol–water partition coefficient (Wildman–Crippen LogP) is 6.49. The molecule has 1 amide bonds. The molecule has 0 unspecified atom stereocenters. The smallest absolute Gasteiger partial charge is 0.323 e. The van der Waals surface area contributed by atoms with Crippen LogP contribution in [-0.4, -0.2) is 28.6 Å². The fourth-order valence-electron chi connectivity index (χ4n) is 3.30. The number of halogens is 2. The Morgan fingerprint density at radius 3 is 2.21 bits per heavy atom. The number of phenols is 1. The molecular formula is C25H23Br2NO5. The maximum absolute atomic E-state index is 13.0. The van der Waals surface area contributed by atoms with Gasteiger partial charge < -0.3 is 19.8 Å². The van der Waals surface area contributed by atoms with E-state index in [0.717, 1.165) is 11.1 Å². The summed E-state index contributed by atoms with van der Waals surface area (Å²) in [6.45, 7) is 3.48. The molecule has 0 fully saturated rings. The van der Waals surface area contributed by atoms with Crippen molar-refractivity contribution in [3.8, 4) is 17.2 Å². The zero-order valence-electron chi connectivity index (χ0n) is 18.1. The molecule has 3 rings (SSSR count). The number of carboxylic acid groups (broad SMARTS) is 1. The molecule has 3 aromatic rings. The standard InChI is InChI=1S/C25H23Br2NO5/c1-15(2)19-13-18(8-9-22(19)29)33-25-20(26)11-17(12-21(25)27)28(14-24(31)32)23(30)10-16-6-4-3-5-7-16/h3-9,11-13,15,29H,10,14H2,1-2H3,(H,31,32). The molecule has 0 saturated carbocycles. The number of ether oxygens (including phenoxy) is 1. The summed E-state index contributed by atoms with van der Waals surface area (Å²) in [7, 11) is 0. The lowest BCUT2D eigenvalue weighted by Gasteiger charge is -2.23. The first-order valence-corrected chi connectivity index (χ1v) is 11.8. The number of nitrogens with zero attached hydrogens (tertiary/aromatic N) is 1. The second kappa shape index (κ2) is 10.9. The van der Waals surface area contributed by atoms with E-state index in [1.165, 1.54) is 4.90 Å². The van der Waals surface area contributed by atoms with E-state index in [9.17, 15) is 19.8 Å².